The van der Waals surface area contributed by atoms with Crippen LogP contribution in [0.15, 0.2) is 53.1 Å². The van der Waals surface area contributed by atoms with Gasteiger partial charge in [0.15, 0.2) is 11.5 Å². The van der Waals surface area contributed by atoms with Crippen LogP contribution in [0, 0.1) is 13.8 Å². The summed E-state index contributed by atoms with van der Waals surface area (Å²) in [6.07, 6.45) is 5.83. The predicted molar refractivity (Wildman–Crippen MR) is 137 cm³/mol. The fourth-order valence-corrected chi connectivity index (χ4v) is 4.30. The Balaban J connectivity index is 1.39. The molecule has 1 saturated heterocycles. The van der Waals surface area contributed by atoms with Gasteiger partial charge < -0.3 is 23.8 Å². The molecule has 0 N–H and O–H groups in total. The Hall–Kier alpha value is -3.74. The third-order valence-electron chi connectivity index (χ3n) is 6.38. The number of carbonyl (C=O) groups is 1. The molecule has 1 aliphatic heterocycles. The number of anilines is 1. The van der Waals surface area contributed by atoms with Crippen LogP contribution in [0.5, 0.6) is 11.5 Å². The summed E-state index contributed by atoms with van der Waals surface area (Å²) in [4.78, 5) is 17.0. The molecule has 35 heavy (non-hydrogen) atoms. The molecule has 0 spiro atoms. The quantitative estimate of drug-likeness (QED) is 0.399. The van der Waals surface area contributed by atoms with Crippen molar-refractivity contribution in [3.05, 3.63) is 76.7 Å². The van der Waals surface area contributed by atoms with Crippen molar-refractivity contribution in [1.29, 1.82) is 0 Å². The molecule has 7 heteroatoms. The number of aromatic nitrogens is 1. The molecule has 2 heterocycles. The minimum Gasteiger partial charge on any atom is -0.493 e. The maximum Gasteiger partial charge on any atom is 0.246 e. The first-order chi connectivity index (χ1) is 17.0. The van der Waals surface area contributed by atoms with Crippen LogP contribution in [0.25, 0.3) is 6.08 Å². The second-order valence-electron chi connectivity index (χ2n) is 8.85. The van der Waals surface area contributed by atoms with Gasteiger partial charge in [0.25, 0.3) is 0 Å². The predicted octanol–water partition coefficient (Wildman–Crippen LogP) is 5.15. The number of hydrogen-bond acceptors (Lipinski definition) is 6. The fourth-order valence-electron chi connectivity index (χ4n) is 4.30. The molecule has 184 valence electrons. The van der Waals surface area contributed by atoms with E-state index in [9.17, 15) is 4.79 Å². The average molecular weight is 476 g/mol. The van der Waals surface area contributed by atoms with Crippen LogP contribution in [-0.4, -0.2) is 43.2 Å². The standard InChI is InChI=1S/C28H33N3O4/c1-20-24(21(2)35-29-20)19-34-26-13-11-22(17-27(26)33-4)12-14-28(32)30(3)18-23-9-5-6-10-25(23)31-15-7-8-16-31/h5-6,9-14,17H,7-8,15-16,18-19H2,1-4H3. The highest BCUT2D eigenvalue weighted by atomic mass is 16.5. The van der Waals surface area contributed by atoms with E-state index in [4.69, 9.17) is 14.0 Å². The van der Waals surface area contributed by atoms with Crippen LogP contribution in [-0.2, 0) is 17.9 Å². The van der Waals surface area contributed by atoms with E-state index in [2.05, 4.69) is 28.3 Å². The molecule has 1 fully saturated rings. The van der Waals surface area contributed by atoms with E-state index in [1.807, 2.05) is 45.2 Å². The topological polar surface area (TPSA) is 68.0 Å². The van der Waals surface area contributed by atoms with Crippen molar-refractivity contribution in [2.24, 2.45) is 0 Å². The Kier molecular flexibility index (Phi) is 7.75. The number of aryl methyl sites for hydroxylation is 2. The summed E-state index contributed by atoms with van der Waals surface area (Å²) in [5.41, 5.74) is 4.99. The molecule has 2 aromatic carbocycles. The Labute approximate surface area is 206 Å². The van der Waals surface area contributed by atoms with E-state index in [1.54, 1.807) is 24.2 Å². The van der Waals surface area contributed by atoms with Gasteiger partial charge in [-0.25, -0.2) is 0 Å². The average Bonchev–Trinajstić information content (AvgIpc) is 3.52. The number of amides is 1. The maximum absolute atomic E-state index is 12.8. The third kappa shape index (κ3) is 5.85. The molecule has 0 unspecified atom stereocenters. The van der Waals surface area contributed by atoms with Crippen LogP contribution < -0.4 is 14.4 Å². The molecule has 0 atom stereocenters. The number of benzene rings is 2. The zero-order valence-electron chi connectivity index (χ0n) is 20.9. The van der Waals surface area contributed by atoms with Crippen molar-refractivity contribution in [1.82, 2.24) is 10.1 Å². The molecular formula is C28H33N3O4. The summed E-state index contributed by atoms with van der Waals surface area (Å²) in [5, 5.41) is 3.96. The van der Waals surface area contributed by atoms with Gasteiger partial charge in [-0.2, -0.15) is 0 Å². The van der Waals surface area contributed by atoms with E-state index >= 15 is 0 Å². The molecular weight excluding hydrogens is 442 g/mol. The first kappa shape index (κ1) is 24.4. The lowest BCUT2D eigenvalue weighted by Crippen LogP contribution is -2.26. The number of nitrogens with zero attached hydrogens (tertiary/aromatic N) is 3. The lowest BCUT2D eigenvalue weighted by molar-refractivity contribution is -0.125. The lowest BCUT2D eigenvalue weighted by atomic mass is 10.1. The number of methoxy groups -OCH3 is 1. The van der Waals surface area contributed by atoms with Gasteiger partial charge in [0, 0.05) is 38.4 Å². The number of carbonyl (C=O) groups excluding carboxylic acids is 1. The second-order valence-corrected chi connectivity index (χ2v) is 8.85. The SMILES string of the molecule is COc1cc(C=CC(=O)N(C)Cc2ccccc2N2CCCC2)ccc1OCc1c(C)noc1C. The molecule has 0 radical (unpaired) electrons. The molecule has 0 saturated carbocycles. The molecule has 7 nitrogen and oxygen atoms in total. The van der Waals surface area contributed by atoms with Crippen LogP contribution >= 0.6 is 0 Å². The zero-order chi connectivity index (χ0) is 24.8. The number of ether oxygens (including phenoxy) is 2. The van der Waals surface area contributed by atoms with Crippen LogP contribution in [0.2, 0.25) is 0 Å². The molecule has 1 amide bonds. The number of para-hydroxylation sites is 1. The van der Waals surface area contributed by atoms with Gasteiger partial charge >= 0.3 is 0 Å². The summed E-state index contributed by atoms with van der Waals surface area (Å²) in [5.74, 6) is 1.90. The van der Waals surface area contributed by atoms with E-state index in [0.717, 1.165) is 35.7 Å². The van der Waals surface area contributed by atoms with Crippen LogP contribution in [0.3, 0.4) is 0 Å². The molecule has 0 aliphatic carbocycles. The van der Waals surface area contributed by atoms with Gasteiger partial charge in [-0.05, 0) is 62.1 Å². The molecule has 1 aliphatic rings. The first-order valence-corrected chi connectivity index (χ1v) is 11.9. The first-order valence-electron chi connectivity index (χ1n) is 11.9. The van der Waals surface area contributed by atoms with Gasteiger partial charge in [0.1, 0.15) is 12.4 Å². The molecule has 4 rings (SSSR count). The summed E-state index contributed by atoms with van der Waals surface area (Å²) in [7, 11) is 3.43. The fraction of sp³-hybridized carbons (Fsp3) is 0.357. The number of hydrogen-bond donors (Lipinski definition) is 0. The van der Waals surface area contributed by atoms with E-state index in [1.165, 1.54) is 24.1 Å². The van der Waals surface area contributed by atoms with Crippen molar-refractivity contribution in [2.45, 2.75) is 39.8 Å². The Bertz CT molecular complexity index is 1180. The van der Waals surface area contributed by atoms with Crippen LogP contribution in [0.4, 0.5) is 5.69 Å². The van der Waals surface area contributed by atoms with Gasteiger partial charge in [-0.1, -0.05) is 29.4 Å². The third-order valence-corrected chi connectivity index (χ3v) is 6.38. The Morgan fingerprint density at radius 2 is 1.91 bits per heavy atom. The van der Waals surface area contributed by atoms with Gasteiger partial charge in [0.05, 0.1) is 18.4 Å². The molecule has 3 aromatic rings. The molecule has 0 bridgehead atoms. The van der Waals surface area contributed by atoms with Gasteiger partial charge in [0.2, 0.25) is 5.91 Å². The van der Waals surface area contributed by atoms with E-state index in [0.29, 0.717) is 24.7 Å². The van der Waals surface area contributed by atoms with Gasteiger partial charge in [-0.15, -0.1) is 0 Å². The summed E-state index contributed by atoms with van der Waals surface area (Å²) >= 11 is 0. The van der Waals surface area contributed by atoms with Crippen molar-refractivity contribution in [3.8, 4) is 11.5 Å². The summed E-state index contributed by atoms with van der Waals surface area (Å²) in [6.45, 7) is 6.81. The summed E-state index contributed by atoms with van der Waals surface area (Å²) < 4.78 is 16.7. The van der Waals surface area contributed by atoms with Crippen LogP contribution in [0.1, 0.15) is 41.0 Å². The summed E-state index contributed by atoms with van der Waals surface area (Å²) in [6, 6.07) is 14.0. The van der Waals surface area contributed by atoms with Crippen molar-refractivity contribution < 1.29 is 18.8 Å². The smallest absolute Gasteiger partial charge is 0.246 e. The minimum absolute atomic E-state index is 0.0565. The Morgan fingerprint density at radius 3 is 2.63 bits per heavy atom. The largest absolute Gasteiger partial charge is 0.493 e. The highest BCUT2D eigenvalue weighted by Crippen LogP contribution is 2.30. The second kappa shape index (κ2) is 11.1. The lowest BCUT2D eigenvalue weighted by Gasteiger charge is -2.24. The monoisotopic (exact) mass is 475 g/mol. The number of likely N-dealkylation sites (N-methyl/N-ethyl adjacent to an activating group) is 1. The van der Waals surface area contributed by atoms with E-state index in [-0.39, 0.29) is 5.91 Å². The van der Waals surface area contributed by atoms with Crippen molar-refractivity contribution in [2.75, 3.05) is 32.1 Å². The highest BCUT2D eigenvalue weighted by molar-refractivity contribution is 5.91. The van der Waals surface area contributed by atoms with Crippen molar-refractivity contribution in [3.63, 3.8) is 0 Å². The normalized spacial score (nSPS) is 13.4. The highest BCUT2D eigenvalue weighted by Gasteiger charge is 2.17. The Morgan fingerprint density at radius 1 is 1.14 bits per heavy atom. The zero-order valence-corrected chi connectivity index (χ0v) is 20.9. The minimum atomic E-state index is -0.0565. The molecule has 1 aromatic heterocycles. The van der Waals surface area contributed by atoms with Gasteiger partial charge in [-0.3, -0.25) is 4.79 Å². The van der Waals surface area contributed by atoms with E-state index < -0.39 is 0 Å². The van der Waals surface area contributed by atoms with Crippen molar-refractivity contribution >= 4 is 17.7 Å². The number of rotatable bonds is 9. The maximum atomic E-state index is 12.8.